The van der Waals surface area contributed by atoms with Crippen molar-refractivity contribution in [2.24, 2.45) is 5.73 Å². The third-order valence-electron chi connectivity index (χ3n) is 3.38. The molecule has 1 heterocycles. The van der Waals surface area contributed by atoms with E-state index >= 15 is 0 Å². The van der Waals surface area contributed by atoms with Gasteiger partial charge in [0.15, 0.2) is 11.0 Å². The molecule has 0 aliphatic heterocycles. The molecule has 2 N–H and O–H groups in total. The molecule has 0 saturated carbocycles. The number of nitrogens with two attached hydrogens (primary N) is 1. The summed E-state index contributed by atoms with van der Waals surface area (Å²) in [6.07, 6.45) is 0. The summed E-state index contributed by atoms with van der Waals surface area (Å²) in [6.45, 7) is 1.98. The van der Waals surface area contributed by atoms with Crippen LogP contribution >= 0.6 is 11.8 Å². The van der Waals surface area contributed by atoms with E-state index in [4.69, 9.17) is 5.73 Å². The van der Waals surface area contributed by atoms with E-state index < -0.39 is 5.91 Å². The summed E-state index contributed by atoms with van der Waals surface area (Å²) < 4.78 is 15.9. The highest BCUT2D eigenvalue weighted by Gasteiger charge is 2.18. The van der Waals surface area contributed by atoms with Crippen molar-refractivity contribution in [2.45, 2.75) is 12.1 Å². The Hall–Kier alpha value is -2.67. The lowest BCUT2D eigenvalue weighted by Gasteiger charge is -2.10. The van der Waals surface area contributed by atoms with E-state index in [-0.39, 0.29) is 11.6 Å². The van der Waals surface area contributed by atoms with Gasteiger partial charge in [0.05, 0.1) is 11.3 Å². The van der Waals surface area contributed by atoms with Crippen LogP contribution in [0.3, 0.4) is 0 Å². The number of carbonyl (C=O) groups excluding carboxylic acids is 1. The maximum Gasteiger partial charge on any atom is 0.227 e. The summed E-state index contributed by atoms with van der Waals surface area (Å²) in [6, 6.07) is 14.1. The van der Waals surface area contributed by atoms with Gasteiger partial charge in [-0.15, -0.1) is 10.2 Å². The second-order valence-electron chi connectivity index (χ2n) is 5.21. The molecule has 0 atom stereocenters. The zero-order valence-electron chi connectivity index (χ0n) is 12.9. The van der Waals surface area contributed by atoms with Gasteiger partial charge in [0.2, 0.25) is 5.91 Å². The van der Waals surface area contributed by atoms with Gasteiger partial charge in [-0.1, -0.05) is 41.6 Å². The van der Waals surface area contributed by atoms with Crippen molar-refractivity contribution >= 4 is 17.7 Å². The van der Waals surface area contributed by atoms with Gasteiger partial charge < -0.3 is 5.73 Å². The van der Waals surface area contributed by atoms with Gasteiger partial charge in [-0.05, 0) is 31.2 Å². The van der Waals surface area contributed by atoms with Crippen molar-refractivity contribution in [1.29, 1.82) is 0 Å². The first-order chi connectivity index (χ1) is 11.6. The average Bonchev–Trinajstić information content (AvgIpc) is 2.98. The third-order valence-corrected chi connectivity index (χ3v) is 4.34. The van der Waals surface area contributed by atoms with E-state index in [0.29, 0.717) is 16.5 Å². The Kier molecular flexibility index (Phi) is 4.61. The van der Waals surface area contributed by atoms with Crippen molar-refractivity contribution < 1.29 is 9.18 Å². The maximum absolute atomic E-state index is 14.2. The number of primary amides is 1. The molecular formula is C17H15FN4OS. The molecule has 1 aromatic heterocycles. The molecule has 0 bridgehead atoms. The van der Waals surface area contributed by atoms with E-state index in [1.165, 1.54) is 17.8 Å². The van der Waals surface area contributed by atoms with Crippen LogP contribution in [0.4, 0.5) is 4.39 Å². The fourth-order valence-corrected chi connectivity index (χ4v) is 2.93. The Balaban J connectivity index is 2.14. The van der Waals surface area contributed by atoms with E-state index in [0.717, 1.165) is 11.3 Å². The average molecular weight is 342 g/mol. The van der Waals surface area contributed by atoms with Gasteiger partial charge in [0.1, 0.15) is 5.82 Å². The number of aryl methyl sites for hydroxylation is 1. The predicted molar refractivity (Wildman–Crippen MR) is 91.4 cm³/mol. The van der Waals surface area contributed by atoms with Gasteiger partial charge in [-0.25, -0.2) is 4.39 Å². The highest BCUT2D eigenvalue weighted by molar-refractivity contribution is 7.99. The van der Waals surface area contributed by atoms with Crippen LogP contribution in [0.25, 0.3) is 17.1 Å². The van der Waals surface area contributed by atoms with Crippen molar-refractivity contribution in [3.63, 3.8) is 0 Å². The van der Waals surface area contributed by atoms with E-state index in [9.17, 15) is 9.18 Å². The fraction of sp³-hybridized carbons (Fsp3) is 0.118. The zero-order chi connectivity index (χ0) is 17.1. The van der Waals surface area contributed by atoms with Crippen LogP contribution in [-0.4, -0.2) is 26.4 Å². The summed E-state index contributed by atoms with van der Waals surface area (Å²) in [4.78, 5) is 11.1. The number of amides is 1. The normalized spacial score (nSPS) is 10.8. The van der Waals surface area contributed by atoms with Crippen molar-refractivity contribution in [3.05, 3.63) is 59.9 Å². The number of carbonyl (C=O) groups is 1. The summed E-state index contributed by atoms with van der Waals surface area (Å²) in [5, 5.41) is 8.71. The molecular weight excluding hydrogens is 327 g/mol. The number of hydrogen-bond donors (Lipinski definition) is 1. The molecule has 122 valence electrons. The first-order valence-electron chi connectivity index (χ1n) is 7.24. The summed E-state index contributed by atoms with van der Waals surface area (Å²) in [7, 11) is 0. The molecule has 1 amide bonds. The minimum Gasteiger partial charge on any atom is -0.369 e. The summed E-state index contributed by atoms with van der Waals surface area (Å²) in [5.74, 6) is -0.388. The molecule has 0 aliphatic carbocycles. The molecule has 2 aromatic carbocycles. The van der Waals surface area contributed by atoms with Crippen molar-refractivity contribution in [3.8, 4) is 17.1 Å². The fourth-order valence-electron chi connectivity index (χ4n) is 2.24. The van der Waals surface area contributed by atoms with Crippen LogP contribution in [0.5, 0.6) is 0 Å². The largest absolute Gasteiger partial charge is 0.369 e. The molecule has 0 aliphatic rings. The number of aromatic nitrogens is 3. The SMILES string of the molecule is Cc1ccc(-n2c(SCC(N)=O)nnc2-c2ccccc2F)cc1. The Bertz CT molecular complexity index is 877. The quantitative estimate of drug-likeness (QED) is 0.724. The van der Waals surface area contributed by atoms with Crippen LogP contribution in [0, 0.1) is 12.7 Å². The van der Waals surface area contributed by atoms with E-state index in [2.05, 4.69) is 10.2 Å². The standard InChI is InChI=1S/C17H15FN4OS/c1-11-6-8-12(9-7-11)22-16(13-4-2-3-5-14(13)18)20-21-17(22)24-10-15(19)23/h2-9H,10H2,1H3,(H2,19,23). The third kappa shape index (κ3) is 3.30. The Morgan fingerprint density at radius 1 is 1.17 bits per heavy atom. The Labute approximate surface area is 142 Å². The number of halogens is 1. The van der Waals surface area contributed by atoms with Gasteiger partial charge in [0, 0.05) is 5.69 Å². The lowest BCUT2D eigenvalue weighted by molar-refractivity contribution is -0.115. The number of rotatable bonds is 5. The molecule has 0 unspecified atom stereocenters. The summed E-state index contributed by atoms with van der Waals surface area (Å²) >= 11 is 1.17. The van der Waals surface area contributed by atoms with Crippen LogP contribution in [-0.2, 0) is 4.79 Å². The molecule has 5 nitrogen and oxygen atoms in total. The van der Waals surface area contributed by atoms with Gasteiger partial charge >= 0.3 is 0 Å². The molecule has 0 saturated heterocycles. The second-order valence-corrected chi connectivity index (χ2v) is 6.15. The van der Waals surface area contributed by atoms with E-state index in [1.807, 2.05) is 31.2 Å². The first kappa shape index (κ1) is 16.2. The zero-order valence-corrected chi connectivity index (χ0v) is 13.8. The Morgan fingerprint density at radius 2 is 1.88 bits per heavy atom. The second kappa shape index (κ2) is 6.84. The number of thioether (sulfide) groups is 1. The van der Waals surface area contributed by atoms with Crippen LogP contribution in [0.15, 0.2) is 53.7 Å². The minimum absolute atomic E-state index is 0.0707. The van der Waals surface area contributed by atoms with Crippen LogP contribution in [0.2, 0.25) is 0 Å². The monoisotopic (exact) mass is 342 g/mol. The molecule has 24 heavy (non-hydrogen) atoms. The molecule has 0 radical (unpaired) electrons. The lowest BCUT2D eigenvalue weighted by atomic mass is 10.2. The molecule has 0 fully saturated rings. The molecule has 3 aromatic rings. The van der Waals surface area contributed by atoms with Crippen LogP contribution < -0.4 is 5.73 Å². The lowest BCUT2D eigenvalue weighted by Crippen LogP contribution is -2.13. The van der Waals surface area contributed by atoms with Gasteiger partial charge in [-0.3, -0.25) is 9.36 Å². The Morgan fingerprint density at radius 3 is 2.54 bits per heavy atom. The maximum atomic E-state index is 14.2. The first-order valence-corrected chi connectivity index (χ1v) is 8.23. The van der Waals surface area contributed by atoms with Crippen molar-refractivity contribution in [2.75, 3.05) is 5.75 Å². The molecule has 3 rings (SSSR count). The highest BCUT2D eigenvalue weighted by atomic mass is 32.2. The van der Waals surface area contributed by atoms with Crippen LogP contribution in [0.1, 0.15) is 5.56 Å². The van der Waals surface area contributed by atoms with Gasteiger partial charge in [-0.2, -0.15) is 0 Å². The van der Waals surface area contributed by atoms with E-state index in [1.54, 1.807) is 22.8 Å². The number of hydrogen-bond acceptors (Lipinski definition) is 4. The predicted octanol–water partition coefficient (Wildman–Crippen LogP) is 2.96. The summed E-state index contributed by atoms with van der Waals surface area (Å²) in [5.41, 5.74) is 7.45. The van der Waals surface area contributed by atoms with Crippen molar-refractivity contribution in [1.82, 2.24) is 14.8 Å². The highest BCUT2D eigenvalue weighted by Crippen LogP contribution is 2.29. The number of nitrogens with zero attached hydrogens (tertiary/aromatic N) is 3. The minimum atomic E-state index is -0.453. The number of benzene rings is 2. The molecule has 7 heteroatoms. The smallest absolute Gasteiger partial charge is 0.227 e. The van der Waals surface area contributed by atoms with Gasteiger partial charge in [0.25, 0.3) is 0 Å². The topological polar surface area (TPSA) is 73.8 Å². The molecule has 0 spiro atoms.